The standard InChI is InChI=1S/C18H12F8/c19-9-15(17(21,22)23)13-5-1-11(2-6-13)12-3-7-14(8-4-12)16(10-20)18(24,25)26/h1-9,16H,10H2/b15-9-. The van der Waals surface area contributed by atoms with Crippen LogP contribution in [0.5, 0.6) is 0 Å². The highest BCUT2D eigenvalue weighted by Gasteiger charge is 2.40. The van der Waals surface area contributed by atoms with Gasteiger partial charge in [-0.15, -0.1) is 0 Å². The molecule has 2 rings (SSSR count). The van der Waals surface area contributed by atoms with Gasteiger partial charge in [-0.25, -0.2) is 4.39 Å². The maximum absolute atomic E-state index is 12.7. The van der Waals surface area contributed by atoms with Crippen molar-refractivity contribution in [1.82, 2.24) is 0 Å². The van der Waals surface area contributed by atoms with E-state index in [0.717, 1.165) is 24.3 Å². The molecule has 26 heavy (non-hydrogen) atoms. The van der Waals surface area contributed by atoms with Crippen LogP contribution in [-0.2, 0) is 0 Å². The molecule has 0 fully saturated rings. The average Bonchev–Trinajstić information content (AvgIpc) is 2.55. The molecule has 0 aliphatic rings. The molecule has 0 aliphatic carbocycles. The third-order valence-electron chi connectivity index (χ3n) is 3.81. The zero-order valence-corrected chi connectivity index (χ0v) is 13.0. The second-order valence-corrected chi connectivity index (χ2v) is 5.47. The molecule has 0 saturated heterocycles. The van der Waals surface area contributed by atoms with Crippen LogP contribution in [0.15, 0.2) is 54.9 Å². The van der Waals surface area contributed by atoms with Gasteiger partial charge in [0, 0.05) is 0 Å². The molecule has 0 nitrogen and oxygen atoms in total. The van der Waals surface area contributed by atoms with Gasteiger partial charge < -0.3 is 0 Å². The molecule has 0 heterocycles. The summed E-state index contributed by atoms with van der Waals surface area (Å²) in [5.41, 5.74) is -1.22. The first-order valence-electron chi connectivity index (χ1n) is 7.29. The third kappa shape index (κ3) is 4.42. The largest absolute Gasteiger partial charge is 0.419 e. The summed E-state index contributed by atoms with van der Waals surface area (Å²) in [7, 11) is 0. The first-order valence-corrected chi connectivity index (χ1v) is 7.29. The van der Waals surface area contributed by atoms with Crippen LogP contribution in [-0.4, -0.2) is 19.0 Å². The van der Waals surface area contributed by atoms with E-state index in [1.54, 1.807) is 0 Å². The molecule has 0 aliphatic heterocycles. The second kappa shape index (κ2) is 7.47. The number of benzene rings is 2. The van der Waals surface area contributed by atoms with Crippen LogP contribution in [0.25, 0.3) is 16.7 Å². The molecule has 1 atom stereocenters. The molecule has 0 radical (unpaired) electrons. The summed E-state index contributed by atoms with van der Waals surface area (Å²) in [6.07, 6.45) is -10.1. The number of halogens is 8. The second-order valence-electron chi connectivity index (χ2n) is 5.47. The van der Waals surface area contributed by atoms with Gasteiger partial charge in [0.1, 0.15) is 12.6 Å². The third-order valence-corrected chi connectivity index (χ3v) is 3.81. The van der Waals surface area contributed by atoms with E-state index in [-0.39, 0.29) is 11.1 Å². The van der Waals surface area contributed by atoms with Gasteiger partial charge in [0.15, 0.2) is 0 Å². The number of hydrogen-bond acceptors (Lipinski definition) is 0. The van der Waals surface area contributed by atoms with E-state index >= 15 is 0 Å². The van der Waals surface area contributed by atoms with Gasteiger partial charge in [0.25, 0.3) is 0 Å². The minimum absolute atomic E-state index is 0.250. The molecule has 8 heteroatoms. The summed E-state index contributed by atoms with van der Waals surface area (Å²) >= 11 is 0. The molecular weight excluding hydrogens is 368 g/mol. The number of alkyl halides is 7. The first kappa shape index (κ1) is 19.9. The summed E-state index contributed by atoms with van der Waals surface area (Å²) < 4.78 is 101. The molecule has 0 saturated carbocycles. The highest BCUT2D eigenvalue weighted by molar-refractivity contribution is 5.72. The predicted octanol–water partition coefficient (Wildman–Crippen LogP) is 6.84. The Morgan fingerprint density at radius 2 is 1.27 bits per heavy atom. The van der Waals surface area contributed by atoms with Crippen molar-refractivity contribution in [3.05, 3.63) is 66.0 Å². The lowest BCUT2D eigenvalue weighted by molar-refractivity contribution is -0.153. The fourth-order valence-corrected chi connectivity index (χ4v) is 2.40. The monoisotopic (exact) mass is 380 g/mol. The van der Waals surface area contributed by atoms with Gasteiger partial charge in [0.05, 0.1) is 11.9 Å². The Kier molecular flexibility index (Phi) is 5.73. The molecular formula is C18H12F8. The van der Waals surface area contributed by atoms with Crippen molar-refractivity contribution in [2.45, 2.75) is 18.3 Å². The fourth-order valence-electron chi connectivity index (χ4n) is 2.40. The van der Waals surface area contributed by atoms with E-state index in [1.165, 1.54) is 24.3 Å². The Labute approximate surface area is 143 Å². The van der Waals surface area contributed by atoms with Gasteiger partial charge >= 0.3 is 12.4 Å². The molecule has 0 aromatic heterocycles. The van der Waals surface area contributed by atoms with Crippen molar-refractivity contribution in [3.63, 3.8) is 0 Å². The Bertz CT molecular complexity index is 752. The van der Waals surface area contributed by atoms with Crippen molar-refractivity contribution < 1.29 is 35.1 Å². The number of rotatable bonds is 4. The quantitative estimate of drug-likeness (QED) is 0.510. The summed E-state index contributed by atoms with van der Waals surface area (Å²) in [5.74, 6) is -2.23. The molecule has 0 bridgehead atoms. The lowest BCUT2D eigenvalue weighted by Crippen LogP contribution is -2.22. The molecule has 0 N–H and O–H groups in total. The molecule has 140 valence electrons. The van der Waals surface area contributed by atoms with E-state index in [1.807, 2.05) is 0 Å². The highest BCUT2D eigenvalue weighted by Crippen LogP contribution is 2.37. The molecule has 0 spiro atoms. The Morgan fingerprint density at radius 3 is 1.62 bits per heavy atom. The lowest BCUT2D eigenvalue weighted by Gasteiger charge is -2.17. The highest BCUT2D eigenvalue weighted by atomic mass is 19.4. The normalized spacial score (nSPS) is 14.4. The van der Waals surface area contributed by atoms with Crippen LogP contribution in [0.4, 0.5) is 35.1 Å². The summed E-state index contributed by atoms with van der Waals surface area (Å²) in [4.78, 5) is 0. The topological polar surface area (TPSA) is 0 Å². The van der Waals surface area contributed by atoms with Gasteiger partial charge in [-0.1, -0.05) is 48.5 Å². The fraction of sp³-hybridized carbons (Fsp3) is 0.222. The van der Waals surface area contributed by atoms with E-state index < -0.39 is 36.8 Å². The summed E-state index contributed by atoms with van der Waals surface area (Å²) in [5, 5.41) is 0. The van der Waals surface area contributed by atoms with Gasteiger partial charge in [-0.2, -0.15) is 26.3 Å². The minimum Gasteiger partial charge on any atom is -0.250 e. The van der Waals surface area contributed by atoms with E-state index in [4.69, 9.17) is 0 Å². The molecule has 1 unspecified atom stereocenters. The van der Waals surface area contributed by atoms with Crippen molar-refractivity contribution >= 4 is 5.57 Å². The Hall–Kier alpha value is -2.38. The van der Waals surface area contributed by atoms with E-state index in [0.29, 0.717) is 11.1 Å². The summed E-state index contributed by atoms with van der Waals surface area (Å²) in [6.45, 7) is -1.59. The van der Waals surface area contributed by atoms with Crippen LogP contribution >= 0.6 is 0 Å². The predicted molar refractivity (Wildman–Crippen MR) is 81.8 cm³/mol. The van der Waals surface area contributed by atoms with E-state index in [9.17, 15) is 35.1 Å². The van der Waals surface area contributed by atoms with Gasteiger partial charge in [0.2, 0.25) is 0 Å². The van der Waals surface area contributed by atoms with Crippen LogP contribution < -0.4 is 0 Å². The average molecular weight is 380 g/mol. The number of allylic oxidation sites excluding steroid dienone is 1. The Balaban J connectivity index is 2.28. The van der Waals surface area contributed by atoms with Gasteiger partial charge in [-0.05, 0) is 22.3 Å². The van der Waals surface area contributed by atoms with Crippen molar-refractivity contribution in [2.24, 2.45) is 0 Å². The SMILES string of the molecule is F/C=C(/c1ccc(-c2ccc(C(CF)C(F)(F)F)cc2)cc1)C(F)(F)F. The summed E-state index contributed by atoms with van der Waals surface area (Å²) in [6, 6.07) is 9.55. The van der Waals surface area contributed by atoms with Crippen LogP contribution in [0.2, 0.25) is 0 Å². The zero-order valence-electron chi connectivity index (χ0n) is 13.0. The van der Waals surface area contributed by atoms with Crippen LogP contribution in [0, 0.1) is 0 Å². The van der Waals surface area contributed by atoms with Crippen molar-refractivity contribution in [3.8, 4) is 11.1 Å². The molecule has 0 amide bonds. The molecule has 2 aromatic rings. The molecule has 2 aromatic carbocycles. The van der Waals surface area contributed by atoms with Crippen molar-refractivity contribution in [2.75, 3.05) is 6.67 Å². The minimum atomic E-state index is -4.85. The Morgan fingerprint density at radius 1 is 0.808 bits per heavy atom. The zero-order chi connectivity index (χ0) is 19.5. The lowest BCUT2D eigenvalue weighted by atomic mass is 9.95. The van der Waals surface area contributed by atoms with E-state index in [2.05, 4.69) is 0 Å². The first-order chi connectivity index (χ1) is 12.1. The maximum atomic E-state index is 12.7. The van der Waals surface area contributed by atoms with Crippen molar-refractivity contribution in [1.29, 1.82) is 0 Å². The smallest absolute Gasteiger partial charge is 0.250 e. The maximum Gasteiger partial charge on any atom is 0.419 e. The number of hydrogen-bond donors (Lipinski definition) is 0. The van der Waals surface area contributed by atoms with Gasteiger partial charge in [-0.3, -0.25) is 4.39 Å². The van der Waals surface area contributed by atoms with Crippen LogP contribution in [0.1, 0.15) is 17.0 Å². The van der Waals surface area contributed by atoms with Crippen LogP contribution in [0.3, 0.4) is 0 Å².